The van der Waals surface area contributed by atoms with Gasteiger partial charge in [0, 0.05) is 25.2 Å². The number of sulfonamides is 1. The molecule has 0 aliphatic rings. The molecule has 0 fully saturated rings. The van der Waals surface area contributed by atoms with E-state index in [0.717, 1.165) is 15.4 Å². The molecule has 0 aliphatic heterocycles. The van der Waals surface area contributed by atoms with Gasteiger partial charge in [0.05, 0.1) is 22.2 Å². The van der Waals surface area contributed by atoms with Gasteiger partial charge in [-0.3, -0.25) is 4.79 Å². The molecular formula is C24H23N3O4S. The molecule has 2 aromatic carbocycles. The minimum Gasteiger partial charge on any atom is -0.463 e. The van der Waals surface area contributed by atoms with Crippen LogP contribution in [0.1, 0.15) is 21.5 Å². The Morgan fingerprint density at radius 2 is 1.78 bits per heavy atom. The highest BCUT2D eigenvalue weighted by atomic mass is 32.2. The molecule has 164 valence electrons. The number of rotatable bonds is 5. The van der Waals surface area contributed by atoms with Crippen molar-refractivity contribution >= 4 is 32.5 Å². The van der Waals surface area contributed by atoms with Crippen molar-refractivity contribution in [3.05, 3.63) is 77.6 Å². The van der Waals surface area contributed by atoms with Crippen molar-refractivity contribution in [3.63, 3.8) is 0 Å². The highest BCUT2D eigenvalue weighted by Gasteiger charge is 2.21. The van der Waals surface area contributed by atoms with Crippen molar-refractivity contribution in [3.8, 4) is 11.5 Å². The molecule has 2 aromatic heterocycles. The Bertz CT molecular complexity index is 1430. The number of amides is 1. The monoisotopic (exact) mass is 449 g/mol. The number of hydrogen-bond donors (Lipinski definition) is 1. The van der Waals surface area contributed by atoms with Crippen LogP contribution in [0, 0.1) is 13.8 Å². The van der Waals surface area contributed by atoms with E-state index in [-0.39, 0.29) is 10.8 Å². The average molecular weight is 450 g/mol. The number of furan rings is 1. The summed E-state index contributed by atoms with van der Waals surface area (Å²) in [5.74, 6) is 0.189. The molecular weight excluding hydrogens is 426 g/mol. The van der Waals surface area contributed by atoms with Crippen LogP contribution in [0.4, 0.5) is 5.69 Å². The third kappa shape index (κ3) is 3.90. The van der Waals surface area contributed by atoms with Crippen molar-refractivity contribution in [2.75, 3.05) is 19.4 Å². The van der Waals surface area contributed by atoms with Gasteiger partial charge < -0.3 is 9.73 Å². The SMILES string of the molecule is Cc1cc(S(=O)(=O)N(C)C)cc(NC(=O)c2cc(-c3ccco3)nc3ccccc23)c1C. The van der Waals surface area contributed by atoms with Crippen molar-refractivity contribution in [2.24, 2.45) is 0 Å². The number of aromatic nitrogens is 1. The summed E-state index contributed by atoms with van der Waals surface area (Å²) >= 11 is 0. The normalized spacial score (nSPS) is 11.8. The predicted molar refractivity (Wildman–Crippen MR) is 124 cm³/mol. The highest BCUT2D eigenvalue weighted by molar-refractivity contribution is 7.89. The number of carbonyl (C=O) groups excluding carboxylic acids is 1. The third-order valence-corrected chi connectivity index (χ3v) is 7.19. The van der Waals surface area contributed by atoms with Crippen LogP contribution in [0.3, 0.4) is 0 Å². The lowest BCUT2D eigenvalue weighted by molar-refractivity contribution is 0.102. The van der Waals surface area contributed by atoms with E-state index in [9.17, 15) is 13.2 Å². The van der Waals surface area contributed by atoms with Crippen LogP contribution in [0.5, 0.6) is 0 Å². The van der Waals surface area contributed by atoms with E-state index in [2.05, 4.69) is 10.3 Å². The van der Waals surface area contributed by atoms with Gasteiger partial charge in [-0.2, -0.15) is 0 Å². The molecule has 0 radical (unpaired) electrons. The topological polar surface area (TPSA) is 92.5 Å². The maximum absolute atomic E-state index is 13.4. The molecule has 0 aliphatic carbocycles. The maximum Gasteiger partial charge on any atom is 0.256 e. The summed E-state index contributed by atoms with van der Waals surface area (Å²) in [6, 6.07) is 15.7. The Labute approximate surface area is 186 Å². The summed E-state index contributed by atoms with van der Waals surface area (Å²) in [5.41, 5.74) is 3.61. The second-order valence-electron chi connectivity index (χ2n) is 7.70. The molecule has 0 unspecified atom stereocenters. The number of nitrogens with zero attached hydrogens (tertiary/aromatic N) is 2. The minimum atomic E-state index is -3.65. The molecule has 4 aromatic rings. The van der Waals surface area contributed by atoms with Gasteiger partial charge in [-0.1, -0.05) is 18.2 Å². The van der Waals surface area contributed by atoms with Crippen LogP contribution in [-0.4, -0.2) is 37.7 Å². The fourth-order valence-corrected chi connectivity index (χ4v) is 4.43. The summed E-state index contributed by atoms with van der Waals surface area (Å²) in [6.45, 7) is 3.66. The van der Waals surface area contributed by atoms with E-state index >= 15 is 0 Å². The second kappa shape index (κ2) is 8.22. The van der Waals surface area contributed by atoms with Crippen LogP contribution in [-0.2, 0) is 10.0 Å². The number of anilines is 1. The van der Waals surface area contributed by atoms with Crippen LogP contribution in [0.25, 0.3) is 22.4 Å². The predicted octanol–water partition coefficient (Wildman–Crippen LogP) is 4.61. The number of hydrogen-bond acceptors (Lipinski definition) is 5. The largest absolute Gasteiger partial charge is 0.463 e. The van der Waals surface area contributed by atoms with E-state index in [1.807, 2.05) is 38.1 Å². The summed E-state index contributed by atoms with van der Waals surface area (Å²) in [6.07, 6.45) is 1.55. The molecule has 0 atom stereocenters. The van der Waals surface area contributed by atoms with Crippen LogP contribution in [0.2, 0.25) is 0 Å². The van der Waals surface area contributed by atoms with Gasteiger partial charge in [0.2, 0.25) is 10.0 Å². The fraction of sp³-hybridized carbons (Fsp3) is 0.167. The van der Waals surface area contributed by atoms with Crippen molar-refractivity contribution in [1.82, 2.24) is 9.29 Å². The minimum absolute atomic E-state index is 0.122. The zero-order valence-electron chi connectivity index (χ0n) is 18.2. The van der Waals surface area contributed by atoms with Crippen LogP contribution >= 0.6 is 0 Å². The molecule has 2 heterocycles. The molecule has 32 heavy (non-hydrogen) atoms. The molecule has 0 spiro atoms. The number of para-hydroxylation sites is 1. The summed E-state index contributed by atoms with van der Waals surface area (Å²) in [5, 5.41) is 3.59. The van der Waals surface area contributed by atoms with Gasteiger partial charge in [0.25, 0.3) is 5.91 Å². The molecule has 0 saturated heterocycles. The number of aryl methyl sites for hydroxylation is 1. The smallest absolute Gasteiger partial charge is 0.256 e. The van der Waals surface area contributed by atoms with E-state index < -0.39 is 10.0 Å². The molecule has 4 rings (SSSR count). The van der Waals surface area contributed by atoms with Crippen molar-refractivity contribution in [2.45, 2.75) is 18.7 Å². The second-order valence-corrected chi connectivity index (χ2v) is 9.86. The summed E-state index contributed by atoms with van der Waals surface area (Å²) in [4.78, 5) is 18.1. The average Bonchev–Trinajstić information content (AvgIpc) is 3.30. The number of fused-ring (bicyclic) bond motifs is 1. The number of carbonyl (C=O) groups is 1. The van der Waals surface area contributed by atoms with Crippen molar-refractivity contribution in [1.29, 1.82) is 0 Å². The first-order valence-electron chi connectivity index (χ1n) is 9.97. The lowest BCUT2D eigenvalue weighted by atomic mass is 10.0. The van der Waals surface area contributed by atoms with Gasteiger partial charge in [0.15, 0.2) is 5.76 Å². The fourth-order valence-electron chi connectivity index (χ4n) is 3.42. The lowest BCUT2D eigenvalue weighted by Gasteiger charge is -2.17. The van der Waals surface area contributed by atoms with Crippen LogP contribution < -0.4 is 5.32 Å². The first-order chi connectivity index (χ1) is 15.2. The molecule has 1 N–H and O–H groups in total. The highest BCUT2D eigenvalue weighted by Crippen LogP contribution is 2.29. The van der Waals surface area contributed by atoms with E-state index in [1.165, 1.54) is 20.2 Å². The first-order valence-corrected chi connectivity index (χ1v) is 11.4. The zero-order valence-corrected chi connectivity index (χ0v) is 19.0. The van der Waals surface area contributed by atoms with Crippen molar-refractivity contribution < 1.29 is 17.6 Å². The lowest BCUT2D eigenvalue weighted by Crippen LogP contribution is -2.23. The van der Waals surface area contributed by atoms with E-state index in [4.69, 9.17) is 4.42 Å². The molecule has 7 nitrogen and oxygen atoms in total. The van der Waals surface area contributed by atoms with Gasteiger partial charge in [-0.15, -0.1) is 0 Å². The Balaban J connectivity index is 1.81. The Kier molecular flexibility index (Phi) is 5.58. The number of pyridine rings is 1. The first kappa shape index (κ1) is 21.7. The van der Waals surface area contributed by atoms with Crippen LogP contribution in [0.15, 0.2) is 70.2 Å². The summed E-state index contributed by atoms with van der Waals surface area (Å²) < 4.78 is 31.9. The maximum atomic E-state index is 13.4. The summed E-state index contributed by atoms with van der Waals surface area (Å²) in [7, 11) is -0.702. The Morgan fingerprint density at radius 1 is 1.03 bits per heavy atom. The molecule has 0 saturated carbocycles. The standard InChI is InChI=1S/C24H23N3O4S/c1-15-12-17(32(29,30)27(3)4)13-21(16(15)2)26-24(28)19-14-22(23-10-7-11-31-23)25-20-9-6-5-8-18(19)20/h5-14H,1-4H3,(H,26,28). The molecule has 0 bridgehead atoms. The third-order valence-electron chi connectivity index (χ3n) is 5.40. The van der Waals surface area contributed by atoms with Gasteiger partial charge in [-0.05, 0) is 61.4 Å². The Hall–Kier alpha value is -3.49. The molecule has 8 heteroatoms. The zero-order chi connectivity index (χ0) is 23.0. The number of nitrogens with one attached hydrogen (secondary N) is 1. The van der Waals surface area contributed by atoms with Gasteiger partial charge >= 0.3 is 0 Å². The number of benzene rings is 2. The quantitative estimate of drug-likeness (QED) is 0.480. The van der Waals surface area contributed by atoms with Gasteiger partial charge in [-0.25, -0.2) is 17.7 Å². The Morgan fingerprint density at radius 3 is 2.47 bits per heavy atom. The molecule has 1 amide bonds. The van der Waals surface area contributed by atoms with E-state index in [1.54, 1.807) is 30.5 Å². The van der Waals surface area contributed by atoms with E-state index in [0.29, 0.717) is 33.6 Å². The van der Waals surface area contributed by atoms with Gasteiger partial charge in [0.1, 0.15) is 5.69 Å².